The van der Waals surface area contributed by atoms with Gasteiger partial charge < -0.3 is 10.2 Å². The molecule has 0 aliphatic carbocycles. The van der Waals surface area contributed by atoms with Crippen molar-refractivity contribution in [3.05, 3.63) is 94.0 Å². The minimum Gasteiger partial charge on any atom is -0.507 e. The van der Waals surface area contributed by atoms with Crippen LogP contribution in [0.3, 0.4) is 0 Å². The Balaban J connectivity index is 1.76. The maximum absolute atomic E-state index is 10.9. The van der Waals surface area contributed by atoms with Crippen LogP contribution in [0.5, 0.6) is 11.5 Å². The molecular formula is C30H30O2. The highest BCUT2D eigenvalue weighted by molar-refractivity contribution is 5.83. The van der Waals surface area contributed by atoms with Crippen LogP contribution in [-0.4, -0.2) is 10.2 Å². The molecule has 2 nitrogen and oxygen atoms in total. The van der Waals surface area contributed by atoms with Crippen LogP contribution in [0.4, 0.5) is 0 Å². The van der Waals surface area contributed by atoms with Crippen LogP contribution in [0.25, 0.3) is 33.4 Å². The zero-order chi connectivity index (χ0) is 23.2. The summed E-state index contributed by atoms with van der Waals surface area (Å²) in [5, 5.41) is 21.7. The molecule has 2 N–H and O–H groups in total. The van der Waals surface area contributed by atoms with Gasteiger partial charge in [-0.2, -0.15) is 0 Å². The molecule has 0 aliphatic heterocycles. The van der Waals surface area contributed by atoms with Crippen LogP contribution >= 0.6 is 0 Å². The zero-order valence-electron chi connectivity index (χ0n) is 19.7. The van der Waals surface area contributed by atoms with E-state index in [0.717, 1.165) is 22.3 Å². The van der Waals surface area contributed by atoms with Crippen LogP contribution < -0.4 is 0 Å². The first kappa shape index (κ1) is 21.7. The second kappa shape index (κ2) is 8.20. The van der Waals surface area contributed by atoms with Gasteiger partial charge in [-0.3, -0.25) is 0 Å². The van der Waals surface area contributed by atoms with Gasteiger partial charge >= 0.3 is 0 Å². The van der Waals surface area contributed by atoms with Crippen LogP contribution in [0.1, 0.15) is 33.4 Å². The molecule has 0 radical (unpaired) electrons. The fraction of sp³-hybridized carbons (Fsp3) is 0.200. The van der Waals surface area contributed by atoms with Crippen molar-refractivity contribution < 1.29 is 10.2 Å². The van der Waals surface area contributed by atoms with Crippen molar-refractivity contribution in [1.82, 2.24) is 0 Å². The average Bonchev–Trinajstić information content (AvgIpc) is 2.67. The van der Waals surface area contributed by atoms with Gasteiger partial charge in [0.2, 0.25) is 0 Å². The number of benzene rings is 4. The first-order chi connectivity index (χ1) is 15.2. The van der Waals surface area contributed by atoms with E-state index < -0.39 is 0 Å². The summed E-state index contributed by atoms with van der Waals surface area (Å²) in [7, 11) is 0. The molecule has 0 fully saturated rings. The second-order valence-corrected chi connectivity index (χ2v) is 9.01. The summed E-state index contributed by atoms with van der Waals surface area (Å²) in [5.74, 6) is 0.320. The van der Waals surface area contributed by atoms with E-state index in [9.17, 15) is 10.2 Å². The Labute approximate surface area is 190 Å². The molecule has 4 rings (SSSR count). The molecule has 0 aliphatic rings. The van der Waals surface area contributed by atoms with E-state index in [-0.39, 0.29) is 11.5 Å². The lowest BCUT2D eigenvalue weighted by atomic mass is 9.90. The number of hydrogen-bond donors (Lipinski definition) is 2. The van der Waals surface area contributed by atoms with Crippen molar-refractivity contribution in [3.8, 4) is 44.9 Å². The minimum absolute atomic E-state index is 0.160. The molecule has 0 unspecified atom stereocenters. The monoisotopic (exact) mass is 422 g/mol. The summed E-state index contributed by atoms with van der Waals surface area (Å²) < 4.78 is 0. The Morgan fingerprint density at radius 3 is 1.03 bits per heavy atom. The molecule has 0 atom stereocenters. The average molecular weight is 423 g/mol. The molecule has 32 heavy (non-hydrogen) atoms. The summed E-state index contributed by atoms with van der Waals surface area (Å²) in [6.07, 6.45) is 0. The zero-order valence-corrected chi connectivity index (χ0v) is 19.7. The van der Waals surface area contributed by atoms with Crippen molar-refractivity contribution in [2.75, 3.05) is 0 Å². The molecule has 162 valence electrons. The van der Waals surface area contributed by atoms with Crippen molar-refractivity contribution in [2.24, 2.45) is 0 Å². The van der Waals surface area contributed by atoms with Crippen LogP contribution in [0.2, 0.25) is 0 Å². The van der Waals surface area contributed by atoms with Gasteiger partial charge in [0, 0.05) is 11.1 Å². The standard InChI is InChI=1S/C30H30O2/c1-17-11-19(3)29(20(4)12-17)23-7-9-25(27(31)15-23)26-10-8-24(16-28(26)32)30-21(5)13-18(2)14-22(30)6/h7-16,31-32H,1-6H3. The van der Waals surface area contributed by atoms with Crippen LogP contribution in [-0.2, 0) is 0 Å². The lowest BCUT2D eigenvalue weighted by Crippen LogP contribution is -1.92. The fourth-order valence-corrected chi connectivity index (χ4v) is 5.10. The third-order valence-electron chi connectivity index (χ3n) is 6.22. The number of hydrogen-bond acceptors (Lipinski definition) is 2. The summed E-state index contributed by atoms with van der Waals surface area (Å²) in [5.41, 5.74) is 12.7. The number of phenolic OH excluding ortho intramolecular Hbond substituents is 2. The number of aryl methyl sites for hydroxylation is 6. The normalized spacial score (nSPS) is 11.1. The molecule has 4 aromatic carbocycles. The van der Waals surface area contributed by atoms with Gasteiger partial charge in [-0.25, -0.2) is 0 Å². The molecule has 0 bridgehead atoms. The SMILES string of the molecule is Cc1cc(C)c(-c2ccc(-c3ccc(-c4c(C)cc(C)cc4C)cc3O)c(O)c2)c(C)c1. The first-order valence-electron chi connectivity index (χ1n) is 11.0. The van der Waals surface area contributed by atoms with E-state index in [1.807, 2.05) is 24.3 Å². The van der Waals surface area contributed by atoms with Crippen LogP contribution in [0, 0.1) is 41.5 Å². The van der Waals surface area contributed by atoms with Gasteiger partial charge in [-0.1, -0.05) is 47.5 Å². The highest BCUT2D eigenvalue weighted by Gasteiger charge is 2.15. The number of phenols is 2. The third-order valence-corrected chi connectivity index (χ3v) is 6.22. The van der Waals surface area contributed by atoms with E-state index in [4.69, 9.17) is 0 Å². The second-order valence-electron chi connectivity index (χ2n) is 9.01. The summed E-state index contributed by atoms with van der Waals surface area (Å²) >= 11 is 0. The van der Waals surface area contributed by atoms with Crippen molar-refractivity contribution in [3.63, 3.8) is 0 Å². The predicted molar refractivity (Wildman–Crippen MR) is 135 cm³/mol. The number of aromatic hydroxyl groups is 2. The molecule has 0 saturated heterocycles. The summed E-state index contributed by atoms with van der Waals surface area (Å²) in [6.45, 7) is 12.6. The van der Waals surface area contributed by atoms with E-state index in [0.29, 0.717) is 11.1 Å². The smallest absolute Gasteiger partial charge is 0.124 e. The predicted octanol–water partition coefficient (Wildman–Crippen LogP) is 7.95. The first-order valence-corrected chi connectivity index (χ1v) is 11.0. The molecule has 2 heteroatoms. The summed E-state index contributed by atoms with van der Waals surface area (Å²) in [4.78, 5) is 0. The lowest BCUT2D eigenvalue weighted by Gasteiger charge is -2.15. The molecule has 4 aromatic rings. The van der Waals surface area contributed by atoms with Gasteiger partial charge in [-0.05, 0) is 110 Å². The fourth-order valence-electron chi connectivity index (χ4n) is 5.10. The maximum atomic E-state index is 10.9. The molecular weight excluding hydrogens is 392 g/mol. The lowest BCUT2D eigenvalue weighted by molar-refractivity contribution is 0.469. The molecule has 0 heterocycles. The van der Waals surface area contributed by atoms with Crippen molar-refractivity contribution in [1.29, 1.82) is 0 Å². The quantitative estimate of drug-likeness (QED) is 0.352. The Morgan fingerprint density at radius 2 is 0.750 bits per heavy atom. The Hall–Kier alpha value is -3.52. The van der Waals surface area contributed by atoms with E-state index in [2.05, 4.69) is 65.8 Å². The van der Waals surface area contributed by atoms with E-state index >= 15 is 0 Å². The Bertz CT molecular complexity index is 1190. The molecule has 0 amide bonds. The van der Waals surface area contributed by atoms with Crippen molar-refractivity contribution >= 4 is 0 Å². The molecule has 0 aromatic heterocycles. The largest absolute Gasteiger partial charge is 0.507 e. The van der Waals surface area contributed by atoms with Gasteiger partial charge in [0.15, 0.2) is 0 Å². The topological polar surface area (TPSA) is 40.5 Å². The summed E-state index contributed by atoms with van der Waals surface area (Å²) in [6, 6.07) is 20.0. The highest BCUT2D eigenvalue weighted by atomic mass is 16.3. The van der Waals surface area contributed by atoms with E-state index in [1.54, 1.807) is 12.1 Å². The van der Waals surface area contributed by atoms with Gasteiger partial charge in [0.05, 0.1) is 0 Å². The maximum Gasteiger partial charge on any atom is 0.124 e. The van der Waals surface area contributed by atoms with Crippen molar-refractivity contribution in [2.45, 2.75) is 41.5 Å². The van der Waals surface area contributed by atoms with Gasteiger partial charge in [-0.15, -0.1) is 0 Å². The third kappa shape index (κ3) is 3.89. The minimum atomic E-state index is 0.160. The van der Waals surface area contributed by atoms with E-state index in [1.165, 1.54) is 33.4 Å². The highest BCUT2D eigenvalue weighted by Crippen LogP contribution is 2.41. The van der Waals surface area contributed by atoms with Gasteiger partial charge in [0.1, 0.15) is 11.5 Å². The number of rotatable bonds is 3. The van der Waals surface area contributed by atoms with Gasteiger partial charge in [0.25, 0.3) is 0 Å². The molecule has 0 saturated carbocycles. The van der Waals surface area contributed by atoms with Crippen LogP contribution in [0.15, 0.2) is 60.7 Å². The Kier molecular flexibility index (Phi) is 5.56. The molecule has 0 spiro atoms. The Morgan fingerprint density at radius 1 is 0.438 bits per heavy atom.